The van der Waals surface area contributed by atoms with Crippen molar-refractivity contribution >= 4 is 16.6 Å². The Bertz CT molecular complexity index is 1510. The lowest BCUT2D eigenvalue weighted by Crippen LogP contribution is -2.22. The Balaban J connectivity index is 1.67. The van der Waals surface area contributed by atoms with Crippen molar-refractivity contribution in [2.75, 3.05) is 0 Å². The average molecular weight is 420 g/mol. The van der Waals surface area contributed by atoms with Crippen LogP contribution in [0.1, 0.15) is 17.0 Å². The minimum absolute atomic E-state index is 0.0264. The molecule has 0 saturated heterocycles. The molecule has 31 heavy (non-hydrogen) atoms. The molecule has 0 saturated carbocycles. The molecule has 0 spiro atoms. The van der Waals surface area contributed by atoms with Crippen LogP contribution in [0, 0.1) is 17.1 Å². The molecular weight excluding hydrogens is 409 g/mol. The zero-order valence-corrected chi connectivity index (χ0v) is 15.8. The van der Waals surface area contributed by atoms with E-state index in [9.17, 15) is 4.39 Å². The highest BCUT2D eigenvalue weighted by molar-refractivity contribution is 5.80. The molecule has 5 rings (SSSR count). The summed E-state index contributed by atoms with van der Waals surface area (Å²) in [5.74, 6) is -5.75. The van der Waals surface area contributed by atoms with Crippen LogP contribution in [0.3, 0.4) is 0 Å². The number of aryl methyl sites for hydroxylation is 1. The maximum Gasteiger partial charge on any atom is 0.336 e. The Kier molecular flexibility index (Phi) is 3.97. The van der Waals surface area contributed by atoms with Crippen molar-refractivity contribution in [2.24, 2.45) is 7.05 Å². The minimum atomic E-state index is -3.83. The Morgan fingerprint density at radius 3 is 2.71 bits per heavy atom. The second kappa shape index (κ2) is 6.60. The molecule has 0 N–H and O–H groups in total. The van der Waals surface area contributed by atoms with Gasteiger partial charge in [-0.1, -0.05) is 0 Å². The molecule has 0 aliphatic rings. The summed E-state index contributed by atoms with van der Waals surface area (Å²) < 4.78 is 48.0. The van der Waals surface area contributed by atoms with Crippen LogP contribution in [0.15, 0.2) is 48.9 Å². The normalized spacial score (nSPS) is 11.8. The van der Waals surface area contributed by atoms with E-state index >= 15 is 8.78 Å². The minimum Gasteiger partial charge on any atom is -0.274 e. The fourth-order valence-electron chi connectivity index (χ4n) is 3.32. The van der Waals surface area contributed by atoms with Gasteiger partial charge in [-0.05, 0) is 30.3 Å². The molecule has 0 aliphatic heterocycles. The molecule has 0 bridgehead atoms. The first kappa shape index (κ1) is 18.7. The lowest BCUT2D eigenvalue weighted by molar-refractivity contribution is 0.0271. The van der Waals surface area contributed by atoms with E-state index in [1.165, 1.54) is 41.5 Å². The molecule has 0 radical (unpaired) electrons. The number of hydrogen-bond donors (Lipinski definition) is 0. The van der Waals surface area contributed by atoms with Crippen LogP contribution in [0.4, 0.5) is 13.2 Å². The van der Waals surface area contributed by atoms with E-state index in [1.807, 2.05) is 6.07 Å². The maximum atomic E-state index is 15.4. The van der Waals surface area contributed by atoms with Crippen molar-refractivity contribution in [3.8, 4) is 17.3 Å². The number of benzene rings is 1. The highest BCUT2D eigenvalue weighted by atomic mass is 19.3. The zero-order valence-electron chi connectivity index (χ0n) is 15.8. The van der Waals surface area contributed by atoms with Gasteiger partial charge in [0.15, 0.2) is 5.65 Å². The van der Waals surface area contributed by atoms with Crippen LogP contribution in [0.5, 0.6) is 0 Å². The first-order chi connectivity index (χ1) is 14.9. The van der Waals surface area contributed by atoms with Gasteiger partial charge >= 0.3 is 5.92 Å². The van der Waals surface area contributed by atoms with Gasteiger partial charge in [0.05, 0.1) is 27.7 Å². The lowest BCUT2D eigenvalue weighted by atomic mass is 10.0. The van der Waals surface area contributed by atoms with Crippen LogP contribution in [-0.2, 0) is 13.0 Å². The van der Waals surface area contributed by atoms with E-state index < -0.39 is 23.1 Å². The highest BCUT2D eigenvalue weighted by Crippen LogP contribution is 2.38. The third-order valence-corrected chi connectivity index (χ3v) is 4.78. The molecule has 5 aromatic rings. The van der Waals surface area contributed by atoms with Crippen molar-refractivity contribution < 1.29 is 13.2 Å². The summed E-state index contributed by atoms with van der Waals surface area (Å²) >= 11 is 0. The monoisotopic (exact) mass is 420 g/mol. The van der Waals surface area contributed by atoms with E-state index in [-0.39, 0.29) is 22.2 Å². The Labute approximate surface area is 172 Å². The Hall–Kier alpha value is -4.33. The van der Waals surface area contributed by atoms with Crippen molar-refractivity contribution in [1.82, 2.24) is 34.6 Å². The number of pyridine rings is 1. The van der Waals surface area contributed by atoms with Crippen molar-refractivity contribution in [2.45, 2.75) is 5.92 Å². The number of nitriles is 1. The van der Waals surface area contributed by atoms with E-state index in [0.29, 0.717) is 11.1 Å². The number of halogens is 3. The summed E-state index contributed by atoms with van der Waals surface area (Å²) in [6, 6.07) is 8.79. The van der Waals surface area contributed by atoms with Gasteiger partial charge in [0.2, 0.25) is 5.82 Å². The first-order valence-electron chi connectivity index (χ1n) is 8.97. The molecular formula is C20H11F3N8. The van der Waals surface area contributed by atoms with Gasteiger partial charge < -0.3 is 0 Å². The van der Waals surface area contributed by atoms with Crippen molar-refractivity contribution in [1.29, 1.82) is 5.26 Å². The third-order valence-electron chi connectivity index (χ3n) is 4.78. The fourth-order valence-corrected chi connectivity index (χ4v) is 3.32. The standard InChI is InChI=1S/C20H11F3N8/c1-30-10-13-16(28-30)3-2-14(18(13)21)20(22,23)19-27-26-17-5-4-15(29-31(17)19)12-6-11(7-24)8-25-9-12/h2-6,8-10H,1H3. The summed E-state index contributed by atoms with van der Waals surface area (Å²) in [6.07, 6.45) is 4.16. The Morgan fingerprint density at radius 2 is 1.90 bits per heavy atom. The summed E-state index contributed by atoms with van der Waals surface area (Å²) in [5.41, 5.74) is 0.480. The maximum absolute atomic E-state index is 15.4. The molecule has 0 atom stereocenters. The van der Waals surface area contributed by atoms with Gasteiger partial charge in [0.25, 0.3) is 0 Å². The molecule has 4 heterocycles. The number of rotatable bonds is 3. The van der Waals surface area contributed by atoms with Crippen molar-refractivity contribution in [3.63, 3.8) is 0 Å². The number of alkyl halides is 2. The molecule has 4 aromatic heterocycles. The fraction of sp³-hybridized carbons (Fsp3) is 0.100. The highest BCUT2D eigenvalue weighted by Gasteiger charge is 2.43. The van der Waals surface area contributed by atoms with E-state index in [2.05, 4.69) is 25.4 Å². The van der Waals surface area contributed by atoms with Gasteiger partial charge in [-0.25, -0.2) is 4.39 Å². The molecule has 11 heteroatoms. The predicted molar refractivity (Wildman–Crippen MR) is 102 cm³/mol. The largest absolute Gasteiger partial charge is 0.336 e. The van der Waals surface area contributed by atoms with Crippen molar-refractivity contribution in [3.05, 3.63) is 71.7 Å². The number of fused-ring (bicyclic) bond motifs is 2. The number of nitrogens with zero attached hydrogens (tertiary/aromatic N) is 8. The molecule has 1 aromatic carbocycles. The second-order valence-electron chi connectivity index (χ2n) is 6.82. The van der Waals surface area contributed by atoms with Gasteiger partial charge in [0.1, 0.15) is 11.9 Å². The molecule has 152 valence electrons. The Morgan fingerprint density at radius 1 is 1.06 bits per heavy atom. The van der Waals surface area contributed by atoms with E-state index in [4.69, 9.17) is 5.26 Å². The van der Waals surface area contributed by atoms with Crippen LogP contribution in [0.25, 0.3) is 27.8 Å². The van der Waals surface area contributed by atoms with Crippen LogP contribution >= 0.6 is 0 Å². The number of aromatic nitrogens is 7. The smallest absolute Gasteiger partial charge is 0.274 e. The topological polar surface area (TPSA) is 97.6 Å². The van der Waals surface area contributed by atoms with Gasteiger partial charge in [-0.15, -0.1) is 10.2 Å². The van der Waals surface area contributed by atoms with E-state index in [0.717, 1.165) is 10.6 Å². The summed E-state index contributed by atoms with van der Waals surface area (Å²) in [5, 5.41) is 24.6. The predicted octanol–water partition coefficient (Wildman–Crippen LogP) is 3.22. The summed E-state index contributed by atoms with van der Waals surface area (Å²) in [4.78, 5) is 3.95. The second-order valence-corrected chi connectivity index (χ2v) is 6.82. The molecule has 0 fully saturated rings. The SMILES string of the molecule is Cn1cc2c(F)c(C(F)(F)c3nnc4ccc(-c5cncc(C#N)c5)nn34)ccc2n1. The third kappa shape index (κ3) is 2.88. The summed E-state index contributed by atoms with van der Waals surface area (Å²) in [6.45, 7) is 0. The van der Waals surface area contributed by atoms with Gasteiger partial charge in [0, 0.05) is 31.2 Å². The van der Waals surface area contributed by atoms with Gasteiger partial charge in [-0.2, -0.15) is 28.8 Å². The van der Waals surface area contributed by atoms with Crippen LogP contribution < -0.4 is 0 Å². The van der Waals surface area contributed by atoms with Crippen LogP contribution in [0.2, 0.25) is 0 Å². The number of hydrogen-bond acceptors (Lipinski definition) is 6. The summed E-state index contributed by atoms with van der Waals surface area (Å²) in [7, 11) is 1.57. The average Bonchev–Trinajstić information content (AvgIpc) is 3.37. The van der Waals surface area contributed by atoms with Crippen LogP contribution in [-0.4, -0.2) is 34.6 Å². The molecule has 0 amide bonds. The molecule has 0 unspecified atom stereocenters. The first-order valence-corrected chi connectivity index (χ1v) is 8.97. The molecule has 8 nitrogen and oxygen atoms in total. The quantitative estimate of drug-likeness (QED) is 0.445. The zero-order chi connectivity index (χ0) is 21.8. The van der Waals surface area contributed by atoms with E-state index in [1.54, 1.807) is 13.1 Å². The molecule has 0 aliphatic carbocycles. The lowest BCUT2D eigenvalue weighted by Gasteiger charge is -2.15. The van der Waals surface area contributed by atoms with Gasteiger partial charge in [-0.3, -0.25) is 9.67 Å².